The summed E-state index contributed by atoms with van der Waals surface area (Å²) in [6.45, 7) is 10.5. The summed E-state index contributed by atoms with van der Waals surface area (Å²) in [5.41, 5.74) is 3.57. The Morgan fingerprint density at radius 1 is 1.27 bits per heavy atom. The van der Waals surface area contributed by atoms with Crippen molar-refractivity contribution in [3.8, 4) is 5.75 Å². The standard InChI is InChI=1S/C22H26N2O2/c1-5-16(4)24-21(23-20-12-7-6-11-19(20)22(24)25)17-9-8-10-18(13-17)26-14-15(2)3/h6-13,16,21,23H,2,5,14H2,1,3-4H3. The Hall–Kier alpha value is -2.75. The molecule has 2 aromatic carbocycles. The Bertz CT molecular complexity index is 815. The van der Waals surface area contributed by atoms with Crippen molar-refractivity contribution in [1.29, 1.82) is 0 Å². The van der Waals surface area contributed by atoms with Crippen molar-refractivity contribution in [2.24, 2.45) is 0 Å². The van der Waals surface area contributed by atoms with E-state index in [9.17, 15) is 4.79 Å². The van der Waals surface area contributed by atoms with Crippen molar-refractivity contribution in [2.75, 3.05) is 11.9 Å². The monoisotopic (exact) mass is 350 g/mol. The Labute approximate surface area is 155 Å². The molecule has 3 rings (SSSR count). The van der Waals surface area contributed by atoms with E-state index in [1.165, 1.54) is 0 Å². The van der Waals surface area contributed by atoms with Crippen LogP contribution in [0.25, 0.3) is 0 Å². The molecule has 2 aromatic rings. The zero-order valence-electron chi connectivity index (χ0n) is 15.7. The molecule has 4 heteroatoms. The number of ether oxygens (including phenoxy) is 1. The SMILES string of the molecule is C=C(C)COc1cccc(C2Nc3ccccc3C(=O)N2C(C)CC)c1. The van der Waals surface area contributed by atoms with Gasteiger partial charge in [-0.1, -0.05) is 37.8 Å². The molecule has 0 fully saturated rings. The number of hydrogen-bond donors (Lipinski definition) is 1. The molecule has 1 N–H and O–H groups in total. The van der Waals surface area contributed by atoms with E-state index in [0.717, 1.165) is 34.6 Å². The van der Waals surface area contributed by atoms with Crippen LogP contribution in [-0.2, 0) is 0 Å². The summed E-state index contributed by atoms with van der Waals surface area (Å²) in [6.07, 6.45) is 0.665. The van der Waals surface area contributed by atoms with Crippen molar-refractivity contribution >= 4 is 11.6 Å². The van der Waals surface area contributed by atoms with Crippen LogP contribution in [0.2, 0.25) is 0 Å². The molecule has 2 unspecified atom stereocenters. The minimum atomic E-state index is -0.222. The molecule has 1 aliphatic rings. The van der Waals surface area contributed by atoms with Crippen LogP contribution in [0.3, 0.4) is 0 Å². The quantitative estimate of drug-likeness (QED) is 0.745. The van der Waals surface area contributed by atoms with Crippen LogP contribution in [0.1, 0.15) is 49.3 Å². The number of fused-ring (bicyclic) bond motifs is 1. The minimum absolute atomic E-state index is 0.0620. The topological polar surface area (TPSA) is 41.6 Å². The first-order chi connectivity index (χ1) is 12.5. The first-order valence-corrected chi connectivity index (χ1v) is 9.06. The van der Waals surface area contributed by atoms with E-state index >= 15 is 0 Å². The van der Waals surface area contributed by atoms with Crippen LogP contribution in [0.4, 0.5) is 5.69 Å². The van der Waals surface area contributed by atoms with Gasteiger partial charge in [-0.05, 0) is 55.7 Å². The number of carbonyl (C=O) groups is 1. The molecule has 0 aromatic heterocycles. The normalized spacial score (nSPS) is 17.3. The van der Waals surface area contributed by atoms with E-state index in [4.69, 9.17) is 4.74 Å². The fourth-order valence-electron chi connectivity index (χ4n) is 3.14. The Morgan fingerprint density at radius 2 is 2.04 bits per heavy atom. The average Bonchev–Trinajstić information content (AvgIpc) is 2.66. The molecular weight excluding hydrogens is 324 g/mol. The van der Waals surface area contributed by atoms with E-state index in [2.05, 4.69) is 25.7 Å². The van der Waals surface area contributed by atoms with Gasteiger partial charge < -0.3 is 15.0 Å². The molecular formula is C22H26N2O2. The number of hydrogen-bond acceptors (Lipinski definition) is 3. The van der Waals surface area contributed by atoms with Gasteiger partial charge in [0.1, 0.15) is 18.5 Å². The molecule has 4 nitrogen and oxygen atoms in total. The van der Waals surface area contributed by atoms with E-state index < -0.39 is 0 Å². The second-order valence-electron chi connectivity index (χ2n) is 6.88. The maximum absolute atomic E-state index is 13.1. The Kier molecular flexibility index (Phi) is 5.31. The lowest BCUT2D eigenvalue weighted by atomic mass is 10.0. The predicted molar refractivity (Wildman–Crippen MR) is 105 cm³/mol. The highest BCUT2D eigenvalue weighted by Crippen LogP contribution is 2.35. The van der Waals surface area contributed by atoms with Gasteiger partial charge in [0.25, 0.3) is 5.91 Å². The third kappa shape index (κ3) is 3.59. The molecule has 1 aliphatic heterocycles. The largest absolute Gasteiger partial charge is 0.489 e. The molecule has 0 saturated heterocycles. The number of nitrogens with zero attached hydrogens (tertiary/aromatic N) is 1. The van der Waals surface area contributed by atoms with Gasteiger partial charge in [0, 0.05) is 11.7 Å². The Balaban J connectivity index is 1.97. The molecule has 0 bridgehead atoms. The zero-order chi connectivity index (χ0) is 18.7. The number of carbonyl (C=O) groups excluding carboxylic acids is 1. The van der Waals surface area contributed by atoms with Gasteiger partial charge in [-0.25, -0.2) is 0 Å². The second-order valence-corrected chi connectivity index (χ2v) is 6.88. The van der Waals surface area contributed by atoms with Gasteiger partial charge in [0.2, 0.25) is 0 Å². The molecule has 1 heterocycles. The number of amides is 1. The van der Waals surface area contributed by atoms with Gasteiger partial charge in [0.05, 0.1) is 5.56 Å². The predicted octanol–water partition coefficient (Wildman–Crippen LogP) is 5.01. The number of para-hydroxylation sites is 1. The molecule has 0 spiro atoms. The highest BCUT2D eigenvalue weighted by Gasteiger charge is 2.35. The fraction of sp³-hybridized carbons (Fsp3) is 0.318. The summed E-state index contributed by atoms with van der Waals surface area (Å²) >= 11 is 0. The van der Waals surface area contributed by atoms with E-state index in [0.29, 0.717) is 6.61 Å². The fourth-order valence-corrected chi connectivity index (χ4v) is 3.14. The van der Waals surface area contributed by atoms with Crippen LogP contribution >= 0.6 is 0 Å². The zero-order valence-corrected chi connectivity index (χ0v) is 15.7. The lowest BCUT2D eigenvalue weighted by molar-refractivity contribution is 0.0593. The van der Waals surface area contributed by atoms with Gasteiger partial charge >= 0.3 is 0 Å². The minimum Gasteiger partial charge on any atom is -0.489 e. The van der Waals surface area contributed by atoms with Crippen molar-refractivity contribution in [1.82, 2.24) is 4.90 Å². The summed E-state index contributed by atoms with van der Waals surface area (Å²) in [7, 11) is 0. The van der Waals surface area contributed by atoms with Crippen molar-refractivity contribution in [3.05, 3.63) is 71.8 Å². The molecule has 2 atom stereocenters. The van der Waals surface area contributed by atoms with Gasteiger partial charge in [-0.3, -0.25) is 4.79 Å². The smallest absolute Gasteiger partial charge is 0.258 e. The van der Waals surface area contributed by atoms with Crippen LogP contribution in [0, 0.1) is 0 Å². The lowest BCUT2D eigenvalue weighted by Crippen LogP contribution is -2.47. The molecule has 0 saturated carbocycles. The van der Waals surface area contributed by atoms with Gasteiger partial charge in [-0.2, -0.15) is 0 Å². The number of rotatable bonds is 6. The molecule has 0 radical (unpaired) electrons. The van der Waals surface area contributed by atoms with Crippen molar-refractivity contribution in [2.45, 2.75) is 39.4 Å². The average molecular weight is 350 g/mol. The molecule has 136 valence electrons. The highest BCUT2D eigenvalue weighted by molar-refractivity contribution is 6.01. The van der Waals surface area contributed by atoms with E-state index in [1.807, 2.05) is 60.4 Å². The third-order valence-electron chi connectivity index (χ3n) is 4.69. The highest BCUT2D eigenvalue weighted by atomic mass is 16.5. The Morgan fingerprint density at radius 3 is 2.77 bits per heavy atom. The van der Waals surface area contributed by atoms with Gasteiger partial charge in [0.15, 0.2) is 0 Å². The first kappa shape index (κ1) is 18.1. The molecule has 1 amide bonds. The van der Waals surface area contributed by atoms with E-state index in [1.54, 1.807) is 0 Å². The van der Waals surface area contributed by atoms with Crippen LogP contribution < -0.4 is 10.1 Å². The second kappa shape index (κ2) is 7.65. The van der Waals surface area contributed by atoms with Crippen LogP contribution in [0.5, 0.6) is 5.75 Å². The van der Waals surface area contributed by atoms with Crippen LogP contribution in [0.15, 0.2) is 60.7 Å². The maximum atomic E-state index is 13.1. The number of benzene rings is 2. The molecule has 26 heavy (non-hydrogen) atoms. The summed E-state index contributed by atoms with van der Waals surface area (Å²) in [4.78, 5) is 15.1. The summed E-state index contributed by atoms with van der Waals surface area (Å²) in [5.74, 6) is 0.842. The van der Waals surface area contributed by atoms with E-state index in [-0.39, 0.29) is 18.1 Å². The van der Waals surface area contributed by atoms with Crippen molar-refractivity contribution < 1.29 is 9.53 Å². The number of nitrogens with one attached hydrogen (secondary N) is 1. The maximum Gasteiger partial charge on any atom is 0.258 e. The van der Waals surface area contributed by atoms with Crippen LogP contribution in [-0.4, -0.2) is 23.5 Å². The molecule has 0 aliphatic carbocycles. The third-order valence-corrected chi connectivity index (χ3v) is 4.69. The lowest BCUT2D eigenvalue weighted by Gasteiger charge is -2.41. The summed E-state index contributed by atoms with van der Waals surface area (Å²) in [6, 6.07) is 15.7. The first-order valence-electron chi connectivity index (χ1n) is 9.06. The summed E-state index contributed by atoms with van der Waals surface area (Å²) < 4.78 is 5.79. The van der Waals surface area contributed by atoms with Crippen molar-refractivity contribution in [3.63, 3.8) is 0 Å². The van der Waals surface area contributed by atoms with Gasteiger partial charge in [-0.15, -0.1) is 0 Å². The summed E-state index contributed by atoms with van der Waals surface area (Å²) in [5, 5.41) is 3.53. The number of anilines is 1.